The molecule has 2 atom stereocenters. The fourth-order valence-corrected chi connectivity index (χ4v) is 3.13. The van der Waals surface area contributed by atoms with Gasteiger partial charge in [-0.25, -0.2) is 0 Å². The quantitative estimate of drug-likeness (QED) is 0.696. The summed E-state index contributed by atoms with van der Waals surface area (Å²) in [4.78, 5) is 37.2. The lowest BCUT2D eigenvalue weighted by molar-refractivity contribution is -0.122. The average Bonchev–Trinajstić information content (AvgIpc) is 2.67. The van der Waals surface area contributed by atoms with E-state index in [4.69, 9.17) is 16.3 Å². The molecular formula is C21H22ClN3O4. The van der Waals surface area contributed by atoms with Gasteiger partial charge >= 0.3 is 0 Å². The van der Waals surface area contributed by atoms with Crippen LogP contribution in [0.15, 0.2) is 42.5 Å². The van der Waals surface area contributed by atoms with Gasteiger partial charge in [-0.15, -0.1) is 0 Å². The summed E-state index contributed by atoms with van der Waals surface area (Å²) in [7, 11) is 0. The summed E-state index contributed by atoms with van der Waals surface area (Å²) in [5, 5.41) is 8.56. The Labute approximate surface area is 173 Å². The minimum atomic E-state index is -0.777. The highest BCUT2D eigenvalue weighted by molar-refractivity contribution is 6.33. The van der Waals surface area contributed by atoms with E-state index in [-0.39, 0.29) is 17.7 Å². The predicted octanol–water partition coefficient (Wildman–Crippen LogP) is 3.45. The van der Waals surface area contributed by atoms with Gasteiger partial charge in [0.2, 0.25) is 5.91 Å². The number of hydrogen-bond donors (Lipinski definition) is 3. The zero-order valence-corrected chi connectivity index (χ0v) is 17.0. The third-order valence-corrected chi connectivity index (χ3v) is 4.86. The van der Waals surface area contributed by atoms with Crippen molar-refractivity contribution < 1.29 is 19.1 Å². The lowest BCUT2D eigenvalue weighted by Crippen LogP contribution is -2.47. The van der Waals surface area contributed by atoms with Crippen molar-refractivity contribution in [3.63, 3.8) is 0 Å². The predicted molar refractivity (Wildman–Crippen MR) is 111 cm³/mol. The molecule has 29 heavy (non-hydrogen) atoms. The zero-order valence-electron chi connectivity index (χ0n) is 16.3. The van der Waals surface area contributed by atoms with Gasteiger partial charge in [-0.2, -0.15) is 0 Å². The molecule has 152 valence electrons. The van der Waals surface area contributed by atoms with Gasteiger partial charge in [-0.1, -0.05) is 37.6 Å². The molecule has 3 rings (SSSR count). The first kappa shape index (κ1) is 20.7. The van der Waals surface area contributed by atoms with Crippen LogP contribution >= 0.6 is 11.6 Å². The lowest BCUT2D eigenvalue weighted by atomic mass is 10.0. The Balaban J connectivity index is 1.74. The van der Waals surface area contributed by atoms with Crippen molar-refractivity contribution in [1.82, 2.24) is 5.32 Å². The summed E-state index contributed by atoms with van der Waals surface area (Å²) in [5.74, 6) is -0.695. The Hall–Kier alpha value is -3.06. The Bertz CT molecular complexity index is 961. The molecule has 0 unspecified atom stereocenters. The lowest BCUT2D eigenvalue weighted by Gasteiger charge is -2.25. The minimum Gasteiger partial charge on any atom is -0.479 e. The van der Waals surface area contributed by atoms with Crippen LogP contribution in [0.3, 0.4) is 0 Å². The maximum absolute atomic E-state index is 12.8. The Morgan fingerprint density at radius 3 is 2.59 bits per heavy atom. The van der Waals surface area contributed by atoms with E-state index >= 15 is 0 Å². The van der Waals surface area contributed by atoms with Crippen molar-refractivity contribution in [2.45, 2.75) is 32.9 Å². The van der Waals surface area contributed by atoms with Gasteiger partial charge in [0, 0.05) is 5.69 Å². The molecule has 3 N–H and O–H groups in total. The highest BCUT2D eigenvalue weighted by Crippen LogP contribution is 2.32. The summed E-state index contributed by atoms with van der Waals surface area (Å²) in [5.41, 5.74) is 1.26. The van der Waals surface area contributed by atoms with E-state index in [9.17, 15) is 14.4 Å². The van der Waals surface area contributed by atoms with E-state index in [0.717, 1.165) is 0 Å². The van der Waals surface area contributed by atoms with Crippen molar-refractivity contribution in [2.24, 2.45) is 5.92 Å². The number of ether oxygens (including phenoxy) is 1. The first-order chi connectivity index (χ1) is 13.8. The number of nitrogens with one attached hydrogen (secondary N) is 3. The number of halogens is 1. The van der Waals surface area contributed by atoms with Crippen LogP contribution in [0.4, 0.5) is 11.4 Å². The van der Waals surface area contributed by atoms with Gasteiger partial charge in [0.05, 0.1) is 16.3 Å². The van der Waals surface area contributed by atoms with Gasteiger partial charge in [-0.3, -0.25) is 14.4 Å². The molecule has 3 amide bonds. The van der Waals surface area contributed by atoms with Gasteiger partial charge in [-0.05, 0) is 43.2 Å². The van der Waals surface area contributed by atoms with Crippen LogP contribution in [0.5, 0.6) is 5.75 Å². The van der Waals surface area contributed by atoms with E-state index in [2.05, 4.69) is 16.0 Å². The van der Waals surface area contributed by atoms with E-state index in [0.29, 0.717) is 27.7 Å². The molecule has 1 heterocycles. The first-order valence-corrected chi connectivity index (χ1v) is 9.62. The monoisotopic (exact) mass is 415 g/mol. The smallest absolute Gasteiger partial charge is 0.265 e. The molecule has 8 heteroatoms. The molecule has 0 radical (unpaired) electrons. The van der Waals surface area contributed by atoms with Gasteiger partial charge in [0.15, 0.2) is 6.10 Å². The van der Waals surface area contributed by atoms with Crippen LogP contribution in [-0.4, -0.2) is 29.9 Å². The zero-order chi connectivity index (χ0) is 21.1. The van der Waals surface area contributed by atoms with Crippen molar-refractivity contribution in [3.8, 4) is 5.75 Å². The molecule has 7 nitrogen and oxygen atoms in total. The number of amides is 3. The molecule has 0 saturated carbocycles. The van der Waals surface area contributed by atoms with Gasteiger partial charge in [0.25, 0.3) is 11.8 Å². The van der Waals surface area contributed by atoms with E-state index < -0.39 is 18.1 Å². The first-order valence-electron chi connectivity index (χ1n) is 9.24. The Kier molecular flexibility index (Phi) is 6.08. The largest absolute Gasteiger partial charge is 0.479 e. The Morgan fingerprint density at radius 2 is 1.90 bits per heavy atom. The van der Waals surface area contributed by atoms with Crippen LogP contribution < -0.4 is 20.7 Å². The molecule has 0 fully saturated rings. The second kappa shape index (κ2) is 8.53. The second-order valence-electron chi connectivity index (χ2n) is 7.12. The Morgan fingerprint density at radius 1 is 1.17 bits per heavy atom. The van der Waals surface area contributed by atoms with Crippen LogP contribution in [0.1, 0.15) is 31.1 Å². The number of carbonyl (C=O) groups excluding carboxylic acids is 3. The molecule has 0 bridgehead atoms. The number of fused-ring (bicyclic) bond motifs is 1. The molecule has 2 aromatic carbocycles. The number of rotatable bonds is 5. The second-order valence-corrected chi connectivity index (χ2v) is 7.53. The highest BCUT2D eigenvalue weighted by atomic mass is 35.5. The average molecular weight is 416 g/mol. The third-order valence-electron chi connectivity index (χ3n) is 4.53. The molecule has 0 spiro atoms. The maximum atomic E-state index is 12.8. The molecule has 0 aliphatic carbocycles. The van der Waals surface area contributed by atoms with Crippen molar-refractivity contribution in [1.29, 1.82) is 0 Å². The van der Waals surface area contributed by atoms with Crippen LogP contribution in [0.2, 0.25) is 5.02 Å². The van der Waals surface area contributed by atoms with Crippen LogP contribution in [0.25, 0.3) is 0 Å². The summed E-state index contributed by atoms with van der Waals surface area (Å²) in [6, 6.07) is 10.8. The van der Waals surface area contributed by atoms with Crippen molar-refractivity contribution in [2.75, 3.05) is 10.6 Å². The van der Waals surface area contributed by atoms with E-state index in [1.54, 1.807) is 49.4 Å². The molecule has 0 aromatic heterocycles. The van der Waals surface area contributed by atoms with E-state index in [1.807, 2.05) is 13.8 Å². The fourth-order valence-electron chi connectivity index (χ4n) is 2.91. The SMILES string of the molecule is CC(C)[C@H](NC(=O)c1ccccc1Cl)C(=O)Nc1ccc2c(c1)NC(=O)[C@H](C)O2. The van der Waals surface area contributed by atoms with Gasteiger partial charge < -0.3 is 20.7 Å². The summed E-state index contributed by atoms with van der Waals surface area (Å²) < 4.78 is 5.51. The summed E-state index contributed by atoms with van der Waals surface area (Å²) in [6.07, 6.45) is -0.576. The summed E-state index contributed by atoms with van der Waals surface area (Å²) in [6.45, 7) is 5.32. The molecular weight excluding hydrogens is 394 g/mol. The third kappa shape index (κ3) is 4.68. The highest BCUT2D eigenvalue weighted by Gasteiger charge is 2.27. The summed E-state index contributed by atoms with van der Waals surface area (Å²) >= 11 is 6.07. The van der Waals surface area contributed by atoms with Crippen LogP contribution in [-0.2, 0) is 9.59 Å². The molecule has 0 saturated heterocycles. The number of hydrogen-bond acceptors (Lipinski definition) is 4. The maximum Gasteiger partial charge on any atom is 0.265 e. The van der Waals surface area contributed by atoms with Gasteiger partial charge in [0.1, 0.15) is 11.8 Å². The topological polar surface area (TPSA) is 96.5 Å². The normalized spacial score (nSPS) is 16.3. The molecule has 1 aliphatic heterocycles. The molecule has 1 aliphatic rings. The number of anilines is 2. The standard InChI is InChI=1S/C21H22ClN3O4/c1-11(2)18(25-20(27)14-6-4-5-7-15(14)22)21(28)23-13-8-9-17-16(10-13)24-19(26)12(3)29-17/h4-12,18H,1-3H3,(H,23,28)(H,24,26)(H,25,27)/t12-,18-/m0/s1. The minimum absolute atomic E-state index is 0.164. The van der Waals surface area contributed by atoms with Crippen molar-refractivity contribution >= 4 is 40.7 Å². The number of benzene rings is 2. The van der Waals surface area contributed by atoms with Crippen molar-refractivity contribution in [3.05, 3.63) is 53.1 Å². The fraction of sp³-hybridized carbons (Fsp3) is 0.286. The van der Waals surface area contributed by atoms with E-state index in [1.165, 1.54) is 0 Å². The number of carbonyl (C=O) groups is 3. The molecule has 2 aromatic rings. The van der Waals surface area contributed by atoms with Crippen LogP contribution in [0, 0.1) is 5.92 Å².